The SMILES string of the molecule is CNc1nc(S(C)(=O)=O)ncc1CO. The summed E-state index contributed by atoms with van der Waals surface area (Å²) in [5, 5.41) is 11.3. The van der Waals surface area contributed by atoms with E-state index in [1.165, 1.54) is 6.20 Å². The monoisotopic (exact) mass is 217 g/mol. The van der Waals surface area contributed by atoms with Crippen LogP contribution in [0.2, 0.25) is 0 Å². The van der Waals surface area contributed by atoms with Crippen LogP contribution in [-0.2, 0) is 16.4 Å². The van der Waals surface area contributed by atoms with Gasteiger partial charge < -0.3 is 10.4 Å². The highest BCUT2D eigenvalue weighted by molar-refractivity contribution is 7.90. The van der Waals surface area contributed by atoms with Crippen molar-refractivity contribution in [3.8, 4) is 0 Å². The smallest absolute Gasteiger partial charge is 0.248 e. The summed E-state index contributed by atoms with van der Waals surface area (Å²) in [4.78, 5) is 7.39. The first-order valence-electron chi connectivity index (χ1n) is 3.83. The van der Waals surface area contributed by atoms with Gasteiger partial charge in [-0.1, -0.05) is 0 Å². The predicted molar refractivity (Wildman–Crippen MR) is 50.6 cm³/mol. The number of aliphatic hydroxyl groups is 1. The molecule has 0 spiro atoms. The molecule has 0 aliphatic heterocycles. The Morgan fingerprint density at radius 3 is 2.64 bits per heavy atom. The van der Waals surface area contributed by atoms with E-state index >= 15 is 0 Å². The molecule has 0 bridgehead atoms. The molecule has 78 valence electrons. The Hall–Kier alpha value is -1.21. The Balaban J connectivity index is 3.28. The van der Waals surface area contributed by atoms with Crippen molar-refractivity contribution in [2.75, 3.05) is 18.6 Å². The van der Waals surface area contributed by atoms with Crippen molar-refractivity contribution in [3.05, 3.63) is 11.8 Å². The van der Waals surface area contributed by atoms with Crippen molar-refractivity contribution in [2.24, 2.45) is 0 Å². The lowest BCUT2D eigenvalue weighted by atomic mass is 10.3. The Morgan fingerprint density at radius 2 is 2.21 bits per heavy atom. The largest absolute Gasteiger partial charge is 0.391 e. The summed E-state index contributed by atoms with van der Waals surface area (Å²) in [7, 11) is -1.81. The Kier molecular flexibility index (Phi) is 3.02. The molecule has 0 amide bonds. The topological polar surface area (TPSA) is 92.2 Å². The van der Waals surface area contributed by atoms with E-state index < -0.39 is 9.84 Å². The first-order valence-corrected chi connectivity index (χ1v) is 5.72. The van der Waals surface area contributed by atoms with Crippen LogP contribution in [0.5, 0.6) is 0 Å². The van der Waals surface area contributed by atoms with E-state index in [9.17, 15) is 8.42 Å². The van der Waals surface area contributed by atoms with Crippen LogP contribution in [-0.4, -0.2) is 36.8 Å². The molecule has 0 saturated carbocycles. The number of nitrogens with one attached hydrogen (secondary N) is 1. The van der Waals surface area contributed by atoms with Gasteiger partial charge in [0.05, 0.1) is 6.61 Å². The fraction of sp³-hybridized carbons (Fsp3) is 0.429. The molecule has 0 saturated heterocycles. The number of anilines is 1. The number of sulfone groups is 1. The van der Waals surface area contributed by atoms with Gasteiger partial charge in [0.25, 0.3) is 0 Å². The highest BCUT2D eigenvalue weighted by Gasteiger charge is 2.13. The third-order valence-corrected chi connectivity index (χ3v) is 2.44. The molecule has 2 N–H and O–H groups in total. The number of aromatic nitrogens is 2. The van der Waals surface area contributed by atoms with Crippen LogP contribution in [0, 0.1) is 0 Å². The van der Waals surface area contributed by atoms with Gasteiger partial charge in [0, 0.05) is 25.1 Å². The highest BCUT2D eigenvalue weighted by atomic mass is 32.2. The molecular weight excluding hydrogens is 206 g/mol. The highest BCUT2D eigenvalue weighted by Crippen LogP contribution is 2.12. The van der Waals surface area contributed by atoms with E-state index in [-0.39, 0.29) is 11.8 Å². The average Bonchev–Trinajstić information content (AvgIpc) is 2.15. The van der Waals surface area contributed by atoms with E-state index in [2.05, 4.69) is 15.3 Å². The van der Waals surface area contributed by atoms with E-state index in [1.807, 2.05) is 0 Å². The lowest BCUT2D eigenvalue weighted by molar-refractivity contribution is 0.281. The zero-order chi connectivity index (χ0) is 10.8. The van der Waals surface area contributed by atoms with E-state index in [4.69, 9.17) is 5.11 Å². The van der Waals surface area contributed by atoms with Gasteiger partial charge in [0.15, 0.2) is 0 Å². The molecule has 1 aromatic heterocycles. The van der Waals surface area contributed by atoms with Gasteiger partial charge in [0.2, 0.25) is 15.0 Å². The molecule has 7 heteroatoms. The van der Waals surface area contributed by atoms with Crippen molar-refractivity contribution >= 4 is 15.7 Å². The minimum atomic E-state index is -3.40. The summed E-state index contributed by atoms with van der Waals surface area (Å²) in [6.07, 6.45) is 2.32. The molecule has 6 nitrogen and oxygen atoms in total. The van der Waals surface area contributed by atoms with E-state index in [0.29, 0.717) is 11.4 Å². The van der Waals surface area contributed by atoms with Gasteiger partial charge in [-0.3, -0.25) is 0 Å². The average molecular weight is 217 g/mol. The molecule has 0 unspecified atom stereocenters. The van der Waals surface area contributed by atoms with E-state index in [0.717, 1.165) is 6.26 Å². The number of hydrogen-bond acceptors (Lipinski definition) is 6. The van der Waals surface area contributed by atoms with Crippen LogP contribution in [0.1, 0.15) is 5.56 Å². The summed E-state index contributed by atoms with van der Waals surface area (Å²) in [6, 6.07) is 0. The van der Waals surface area contributed by atoms with E-state index in [1.54, 1.807) is 7.05 Å². The quantitative estimate of drug-likeness (QED) is 0.658. The summed E-state index contributed by atoms with van der Waals surface area (Å²) in [6.45, 7) is -0.236. The van der Waals surface area contributed by atoms with Gasteiger partial charge in [-0.15, -0.1) is 0 Å². The van der Waals surface area contributed by atoms with Crippen molar-refractivity contribution in [3.63, 3.8) is 0 Å². The van der Waals surface area contributed by atoms with Gasteiger partial charge in [0.1, 0.15) is 5.82 Å². The molecular formula is C7H11N3O3S. The van der Waals surface area contributed by atoms with Crippen LogP contribution in [0.4, 0.5) is 5.82 Å². The molecule has 0 fully saturated rings. The molecule has 0 aliphatic carbocycles. The summed E-state index contributed by atoms with van der Waals surface area (Å²) in [5.41, 5.74) is 0.458. The third-order valence-electron chi connectivity index (χ3n) is 1.58. The molecule has 0 radical (unpaired) electrons. The van der Waals surface area contributed by atoms with Crippen LogP contribution >= 0.6 is 0 Å². The lowest BCUT2D eigenvalue weighted by Gasteiger charge is -2.05. The van der Waals surface area contributed by atoms with Gasteiger partial charge in [-0.25, -0.2) is 18.4 Å². The third kappa shape index (κ3) is 2.18. The van der Waals surface area contributed by atoms with Crippen LogP contribution in [0.25, 0.3) is 0 Å². The molecule has 1 rings (SSSR count). The first kappa shape index (κ1) is 10.9. The zero-order valence-corrected chi connectivity index (χ0v) is 8.67. The molecule has 0 atom stereocenters. The van der Waals surface area contributed by atoms with Gasteiger partial charge >= 0.3 is 0 Å². The normalized spacial score (nSPS) is 11.4. The standard InChI is InChI=1S/C7H11N3O3S/c1-8-6-5(4-11)3-9-7(10-6)14(2,12)13/h3,11H,4H2,1-2H3,(H,8,9,10). The predicted octanol–water partition coefficient (Wildman–Crippen LogP) is -0.586. The number of nitrogens with zero attached hydrogens (tertiary/aromatic N) is 2. The summed E-state index contributed by atoms with van der Waals surface area (Å²) in [5.74, 6) is 0.322. The van der Waals surface area contributed by atoms with Gasteiger partial charge in [-0.05, 0) is 0 Å². The second kappa shape index (κ2) is 3.89. The summed E-state index contributed by atoms with van der Waals surface area (Å²) >= 11 is 0. The fourth-order valence-electron chi connectivity index (χ4n) is 0.901. The fourth-order valence-corrected chi connectivity index (χ4v) is 1.40. The van der Waals surface area contributed by atoms with Crippen molar-refractivity contribution in [1.29, 1.82) is 0 Å². The maximum absolute atomic E-state index is 11.1. The molecule has 0 aromatic carbocycles. The van der Waals surface area contributed by atoms with Crippen molar-refractivity contribution in [2.45, 2.75) is 11.8 Å². The second-order valence-corrected chi connectivity index (χ2v) is 4.62. The number of aliphatic hydroxyl groups excluding tert-OH is 1. The Labute approximate surface area is 81.9 Å². The number of rotatable bonds is 3. The zero-order valence-electron chi connectivity index (χ0n) is 7.85. The minimum absolute atomic E-state index is 0.236. The molecule has 0 aliphatic rings. The molecule has 14 heavy (non-hydrogen) atoms. The minimum Gasteiger partial charge on any atom is -0.391 e. The molecule has 1 aromatic rings. The first-order chi connectivity index (χ1) is 6.49. The van der Waals surface area contributed by atoms with Crippen molar-refractivity contribution < 1.29 is 13.5 Å². The van der Waals surface area contributed by atoms with Crippen molar-refractivity contribution in [1.82, 2.24) is 9.97 Å². The lowest BCUT2D eigenvalue weighted by Crippen LogP contribution is -2.08. The van der Waals surface area contributed by atoms with Crippen LogP contribution in [0.15, 0.2) is 11.4 Å². The number of hydrogen-bond donors (Lipinski definition) is 2. The summed E-state index contributed by atoms with van der Waals surface area (Å²) < 4.78 is 22.2. The second-order valence-electron chi connectivity index (χ2n) is 2.71. The molecule has 1 heterocycles. The maximum atomic E-state index is 11.1. The van der Waals surface area contributed by atoms with Gasteiger partial charge in [-0.2, -0.15) is 0 Å². The Morgan fingerprint density at radius 1 is 1.57 bits per heavy atom. The van der Waals surface area contributed by atoms with Crippen LogP contribution < -0.4 is 5.32 Å². The maximum Gasteiger partial charge on any atom is 0.248 e. The Bertz CT molecular complexity index is 430. The van der Waals surface area contributed by atoms with Crippen LogP contribution in [0.3, 0.4) is 0 Å².